The third kappa shape index (κ3) is 2.50. The molecular formula is C15H17NO2. The van der Waals surface area contributed by atoms with Crippen LogP contribution in [0, 0.1) is 0 Å². The summed E-state index contributed by atoms with van der Waals surface area (Å²) in [6, 6.07) is 7.50. The third-order valence-electron chi connectivity index (χ3n) is 3.28. The van der Waals surface area contributed by atoms with E-state index < -0.39 is 0 Å². The normalized spacial score (nSPS) is 22.2. The van der Waals surface area contributed by atoms with Gasteiger partial charge in [-0.25, -0.2) is 0 Å². The molecule has 18 heavy (non-hydrogen) atoms. The van der Waals surface area contributed by atoms with Crippen LogP contribution in [0.5, 0.6) is 0 Å². The highest BCUT2D eigenvalue weighted by Crippen LogP contribution is 2.18. The van der Waals surface area contributed by atoms with E-state index in [2.05, 4.69) is 0 Å². The van der Waals surface area contributed by atoms with E-state index in [1.54, 1.807) is 18.2 Å². The molecule has 1 aliphatic rings. The van der Waals surface area contributed by atoms with E-state index in [0.717, 1.165) is 11.8 Å². The van der Waals surface area contributed by atoms with Crippen LogP contribution in [-0.2, 0) is 11.2 Å². The van der Waals surface area contributed by atoms with Crippen molar-refractivity contribution in [1.82, 2.24) is 4.90 Å². The number of aldehydes is 1. The summed E-state index contributed by atoms with van der Waals surface area (Å²) in [6.07, 6.45) is 5.24. The number of carbonyl (C=O) groups excluding carboxylic acids is 2. The molecule has 0 N–H and O–H groups in total. The Hall–Kier alpha value is -1.90. The topological polar surface area (TPSA) is 37.4 Å². The lowest BCUT2D eigenvalue weighted by Crippen LogP contribution is -2.40. The second kappa shape index (κ2) is 5.17. The van der Waals surface area contributed by atoms with Gasteiger partial charge in [-0.1, -0.05) is 30.4 Å². The van der Waals surface area contributed by atoms with E-state index in [4.69, 9.17) is 0 Å². The van der Waals surface area contributed by atoms with Gasteiger partial charge in [0.15, 0.2) is 0 Å². The fraction of sp³-hybridized carbons (Fsp3) is 0.333. The molecule has 2 atom stereocenters. The molecule has 0 spiro atoms. The minimum atomic E-state index is 0.100. The van der Waals surface area contributed by atoms with Crippen LogP contribution in [0.3, 0.4) is 0 Å². The molecule has 3 heteroatoms. The first-order valence-corrected chi connectivity index (χ1v) is 6.15. The molecule has 3 nitrogen and oxygen atoms in total. The highest BCUT2D eigenvalue weighted by Gasteiger charge is 2.26. The first kappa shape index (κ1) is 12.6. The summed E-state index contributed by atoms with van der Waals surface area (Å²) in [6.45, 7) is 4.03. The van der Waals surface area contributed by atoms with Gasteiger partial charge in [-0.05, 0) is 25.5 Å². The smallest absolute Gasteiger partial charge is 0.227 e. The van der Waals surface area contributed by atoms with Gasteiger partial charge in [0.05, 0.1) is 6.42 Å². The standard InChI is InChI=1S/C15H17NO2/c1-11-6-7-12(2)16(11)15(18)9-13-4-3-5-14(8-13)10-17/h3-8,10-12H,9H2,1-2H3. The van der Waals surface area contributed by atoms with Crippen molar-refractivity contribution < 1.29 is 9.59 Å². The molecular weight excluding hydrogens is 226 g/mol. The average Bonchev–Trinajstić information content (AvgIpc) is 2.69. The Morgan fingerprint density at radius 3 is 2.56 bits per heavy atom. The Bertz CT molecular complexity index is 481. The Labute approximate surface area is 107 Å². The number of benzene rings is 1. The van der Waals surface area contributed by atoms with E-state index in [1.165, 1.54) is 0 Å². The van der Waals surface area contributed by atoms with Crippen LogP contribution in [0.2, 0.25) is 0 Å². The Balaban J connectivity index is 2.09. The minimum absolute atomic E-state index is 0.100. The zero-order valence-electron chi connectivity index (χ0n) is 10.7. The summed E-state index contributed by atoms with van der Waals surface area (Å²) in [5, 5.41) is 0. The van der Waals surface area contributed by atoms with Crippen molar-refractivity contribution in [1.29, 1.82) is 0 Å². The molecule has 1 aromatic carbocycles. The average molecular weight is 243 g/mol. The van der Waals surface area contributed by atoms with Crippen molar-refractivity contribution in [2.75, 3.05) is 0 Å². The van der Waals surface area contributed by atoms with Gasteiger partial charge in [-0.2, -0.15) is 0 Å². The van der Waals surface area contributed by atoms with Gasteiger partial charge >= 0.3 is 0 Å². The van der Waals surface area contributed by atoms with Crippen LogP contribution in [0.15, 0.2) is 36.4 Å². The molecule has 0 aromatic heterocycles. The van der Waals surface area contributed by atoms with Gasteiger partial charge in [0.1, 0.15) is 6.29 Å². The molecule has 0 fully saturated rings. The lowest BCUT2D eigenvalue weighted by Gasteiger charge is -2.26. The fourth-order valence-corrected chi connectivity index (χ4v) is 2.37. The van der Waals surface area contributed by atoms with Gasteiger partial charge in [-0.3, -0.25) is 9.59 Å². The molecule has 2 unspecified atom stereocenters. The number of rotatable bonds is 3. The van der Waals surface area contributed by atoms with Gasteiger partial charge in [0.25, 0.3) is 0 Å². The van der Waals surface area contributed by atoms with Crippen LogP contribution in [-0.4, -0.2) is 29.2 Å². The van der Waals surface area contributed by atoms with Crippen LogP contribution < -0.4 is 0 Å². The molecule has 0 saturated heterocycles. The van der Waals surface area contributed by atoms with Gasteiger partial charge < -0.3 is 4.90 Å². The summed E-state index contributed by atoms with van der Waals surface area (Å²) >= 11 is 0. The zero-order valence-corrected chi connectivity index (χ0v) is 10.7. The lowest BCUT2D eigenvalue weighted by atomic mass is 10.1. The largest absolute Gasteiger partial charge is 0.330 e. The predicted molar refractivity (Wildman–Crippen MR) is 70.4 cm³/mol. The molecule has 1 amide bonds. The Morgan fingerprint density at radius 2 is 1.94 bits per heavy atom. The maximum atomic E-state index is 12.2. The molecule has 1 aromatic rings. The van der Waals surface area contributed by atoms with Crippen molar-refractivity contribution >= 4 is 12.2 Å². The molecule has 1 heterocycles. The molecule has 0 aliphatic carbocycles. The number of hydrogen-bond acceptors (Lipinski definition) is 2. The van der Waals surface area contributed by atoms with Crippen molar-refractivity contribution in [3.8, 4) is 0 Å². The van der Waals surface area contributed by atoms with E-state index in [1.807, 2.05) is 37.0 Å². The van der Waals surface area contributed by atoms with Gasteiger partial charge in [0, 0.05) is 17.6 Å². The van der Waals surface area contributed by atoms with E-state index in [0.29, 0.717) is 12.0 Å². The maximum absolute atomic E-state index is 12.2. The molecule has 0 radical (unpaired) electrons. The van der Waals surface area contributed by atoms with Crippen LogP contribution >= 0.6 is 0 Å². The van der Waals surface area contributed by atoms with Crippen LogP contribution in [0.25, 0.3) is 0 Å². The molecule has 1 aliphatic heterocycles. The number of carbonyl (C=O) groups is 2. The molecule has 94 valence electrons. The maximum Gasteiger partial charge on any atom is 0.227 e. The predicted octanol–water partition coefficient (Wildman–Crippen LogP) is 2.22. The quantitative estimate of drug-likeness (QED) is 0.603. The second-order valence-corrected chi connectivity index (χ2v) is 4.71. The zero-order chi connectivity index (χ0) is 13.1. The highest BCUT2D eigenvalue weighted by molar-refractivity contribution is 5.81. The lowest BCUT2D eigenvalue weighted by molar-refractivity contribution is -0.132. The number of amides is 1. The molecule has 2 rings (SSSR count). The van der Waals surface area contributed by atoms with Crippen molar-refractivity contribution in [2.24, 2.45) is 0 Å². The van der Waals surface area contributed by atoms with Gasteiger partial charge in [0.2, 0.25) is 5.91 Å². The first-order valence-electron chi connectivity index (χ1n) is 6.15. The highest BCUT2D eigenvalue weighted by atomic mass is 16.2. The van der Waals surface area contributed by atoms with E-state index >= 15 is 0 Å². The monoisotopic (exact) mass is 243 g/mol. The van der Waals surface area contributed by atoms with Crippen LogP contribution in [0.1, 0.15) is 29.8 Å². The Kier molecular flexibility index (Phi) is 3.60. The van der Waals surface area contributed by atoms with Gasteiger partial charge in [-0.15, -0.1) is 0 Å². The first-order chi connectivity index (χ1) is 8.61. The summed E-state index contributed by atoms with van der Waals surface area (Å²) in [4.78, 5) is 24.8. The third-order valence-corrected chi connectivity index (χ3v) is 3.28. The molecule has 0 bridgehead atoms. The Morgan fingerprint density at radius 1 is 1.28 bits per heavy atom. The summed E-state index contributed by atoms with van der Waals surface area (Å²) in [5.41, 5.74) is 1.50. The second-order valence-electron chi connectivity index (χ2n) is 4.71. The summed E-state index contributed by atoms with van der Waals surface area (Å²) in [7, 11) is 0. The van der Waals surface area contributed by atoms with Crippen molar-refractivity contribution in [3.63, 3.8) is 0 Å². The van der Waals surface area contributed by atoms with Crippen molar-refractivity contribution in [3.05, 3.63) is 47.5 Å². The minimum Gasteiger partial charge on any atom is -0.330 e. The summed E-state index contributed by atoms with van der Waals surface area (Å²) in [5.74, 6) is 0.100. The van der Waals surface area contributed by atoms with E-state index in [-0.39, 0.29) is 18.0 Å². The summed E-state index contributed by atoms with van der Waals surface area (Å²) < 4.78 is 0. The van der Waals surface area contributed by atoms with Crippen molar-refractivity contribution in [2.45, 2.75) is 32.4 Å². The van der Waals surface area contributed by atoms with Crippen LogP contribution in [0.4, 0.5) is 0 Å². The van der Waals surface area contributed by atoms with E-state index in [9.17, 15) is 9.59 Å². The SMILES string of the molecule is CC1C=CC(C)N1C(=O)Cc1cccc(C=O)c1. The molecule has 0 saturated carbocycles. The number of hydrogen-bond donors (Lipinski definition) is 0. The fourth-order valence-electron chi connectivity index (χ4n) is 2.37. The number of nitrogens with zero attached hydrogens (tertiary/aromatic N) is 1.